The van der Waals surface area contributed by atoms with Crippen LogP contribution in [0.2, 0.25) is 0 Å². The molecule has 1 aliphatic heterocycles. The van der Waals surface area contributed by atoms with E-state index in [-0.39, 0.29) is 24.5 Å². The largest absolute Gasteiger partial charge is 0.481 e. The predicted molar refractivity (Wildman–Crippen MR) is 72.6 cm³/mol. The molecule has 0 radical (unpaired) electrons. The number of benzene rings is 1. The number of hydrogen-bond acceptors (Lipinski definition) is 5. The van der Waals surface area contributed by atoms with Crippen molar-refractivity contribution in [3.8, 4) is 6.07 Å². The molecule has 0 bridgehead atoms. The van der Waals surface area contributed by atoms with E-state index in [1.54, 1.807) is 18.2 Å². The van der Waals surface area contributed by atoms with E-state index in [1.807, 2.05) is 6.07 Å². The second kappa shape index (κ2) is 6.22. The van der Waals surface area contributed by atoms with Crippen molar-refractivity contribution in [1.82, 2.24) is 4.72 Å². The number of nitrogens with one attached hydrogen (secondary N) is 1. The Balaban J connectivity index is 2.12. The van der Waals surface area contributed by atoms with Crippen molar-refractivity contribution in [2.24, 2.45) is 5.92 Å². The lowest BCUT2D eigenvalue weighted by molar-refractivity contribution is -0.142. The van der Waals surface area contributed by atoms with Crippen LogP contribution >= 0.6 is 0 Å². The van der Waals surface area contributed by atoms with Gasteiger partial charge in [-0.2, -0.15) is 5.26 Å². The first-order valence-electron chi connectivity index (χ1n) is 6.21. The molecular weight excluding hydrogens is 296 g/mol. The highest BCUT2D eigenvalue weighted by atomic mass is 32.2. The minimum atomic E-state index is -3.76. The summed E-state index contributed by atoms with van der Waals surface area (Å²) in [5.74, 6) is -2.37. The van der Waals surface area contributed by atoms with Crippen LogP contribution in [0.25, 0.3) is 0 Å². The zero-order chi connectivity index (χ0) is 15.5. The van der Waals surface area contributed by atoms with Gasteiger partial charge in [-0.1, -0.05) is 18.2 Å². The van der Waals surface area contributed by atoms with Crippen LogP contribution in [0.15, 0.2) is 24.3 Å². The molecule has 1 fully saturated rings. The molecule has 2 N–H and O–H groups in total. The maximum atomic E-state index is 12.1. The van der Waals surface area contributed by atoms with Gasteiger partial charge in [0.15, 0.2) is 0 Å². The lowest BCUT2D eigenvalue weighted by Crippen LogP contribution is -2.43. The molecule has 1 heterocycles. The van der Waals surface area contributed by atoms with Crippen molar-refractivity contribution < 1.29 is 23.1 Å². The number of sulfonamides is 1. The highest BCUT2D eigenvalue weighted by molar-refractivity contribution is 7.88. The van der Waals surface area contributed by atoms with E-state index in [0.717, 1.165) is 0 Å². The summed E-state index contributed by atoms with van der Waals surface area (Å²) in [6, 6.07) is 7.51. The van der Waals surface area contributed by atoms with Crippen molar-refractivity contribution in [3.63, 3.8) is 0 Å². The quantitative estimate of drug-likeness (QED) is 0.795. The number of aliphatic carboxylic acids is 1. The summed E-state index contributed by atoms with van der Waals surface area (Å²) in [6.45, 7) is 0.00734. The van der Waals surface area contributed by atoms with Gasteiger partial charge in [0.2, 0.25) is 10.0 Å². The molecular formula is C13H14N2O5S. The Bertz CT molecular complexity index is 680. The third-order valence-corrected chi connectivity index (χ3v) is 4.56. The number of rotatable bonds is 5. The molecule has 0 amide bonds. The first kappa shape index (κ1) is 15.4. The standard InChI is InChI=1S/C13H14N2O5S/c14-5-9-3-1-2-4-10(9)8-21(18,19)15-12-7-20-6-11(12)13(16)17/h1-4,11-12,15H,6-8H2,(H,16,17). The Labute approximate surface area is 122 Å². The summed E-state index contributed by atoms with van der Waals surface area (Å²) in [5.41, 5.74) is 0.652. The molecule has 0 aliphatic carbocycles. The lowest BCUT2D eigenvalue weighted by atomic mass is 10.1. The Morgan fingerprint density at radius 2 is 2.14 bits per heavy atom. The highest BCUT2D eigenvalue weighted by Crippen LogP contribution is 2.17. The molecule has 0 saturated carbocycles. The topological polar surface area (TPSA) is 116 Å². The van der Waals surface area contributed by atoms with Gasteiger partial charge in [0.25, 0.3) is 0 Å². The van der Waals surface area contributed by atoms with Crippen molar-refractivity contribution in [1.29, 1.82) is 5.26 Å². The zero-order valence-corrected chi connectivity index (χ0v) is 11.8. The molecule has 0 spiro atoms. The number of carboxylic acids is 1. The highest BCUT2D eigenvalue weighted by Gasteiger charge is 2.36. The number of carboxylic acid groups (broad SMARTS) is 1. The van der Waals surface area contributed by atoms with Gasteiger partial charge in [-0.05, 0) is 11.6 Å². The molecule has 1 aliphatic rings. The third kappa shape index (κ3) is 3.78. The second-order valence-corrected chi connectivity index (χ2v) is 6.49. The van der Waals surface area contributed by atoms with Crippen LogP contribution in [0.5, 0.6) is 0 Å². The van der Waals surface area contributed by atoms with Gasteiger partial charge < -0.3 is 9.84 Å². The lowest BCUT2D eigenvalue weighted by Gasteiger charge is -2.16. The summed E-state index contributed by atoms with van der Waals surface area (Å²) >= 11 is 0. The van der Waals surface area contributed by atoms with E-state index < -0.39 is 28.0 Å². The fourth-order valence-corrected chi connectivity index (χ4v) is 3.58. The molecule has 1 aromatic carbocycles. The van der Waals surface area contributed by atoms with E-state index in [9.17, 15) is 13.2 Å². The van der Waals surface area contributed by atoms with Gasteiger partial charge >= 0.3 is 5.97 Å². The number of ether oxygens (including phenoxy) is 1. The molecule has 2 unspecified atom stereocenters. The monoisotopic (exact) mass is 310 g/mol. The molecule has 21 heavy (non-hydrogen) atoms. The van der Waals surface area contributed by atoms with Gasteiger partial charge in [0.1, 0.15) is 0 Å². The van der Waals surface area contributed by atoms with Gasteiger partial charge in [-0.25, -0.2) is 13.1 Å². The van der Waals surface area contributed by atoms with Crippen LogP contribution in [-0.2, 0) is 25.3 Å². The molecule has 8 heteroatoms. The van der Waals surface area contributed by atoms with Gasteiger partial charge in [-0.15, -0.1) is 0 Å². The minimum Gasteiger partial charge on any atom is -0.481 e. The van der Waals surface area contributed by atoms with E-state index in [4.69, 9.17) is 15.1 Å². The molecule has 1 aromatic rings. The molecule has 112 valence electrons. The SMILES string of the molecule is N#Cc1ccccc1CS(=O)(=O)NC1COCC1C(=O)O. The number of nitrogens with zero attached hydrogens (tertiary/aromatic N) is 1. The van der Waals surface area contributed by atoms with Crippen LogP contribution in [0.1, 0.15) is 11.1 Å². The number of nitriles is 1. The van der Waals surface area contributed by atoms with Crippen molar-refractivity contribution in [2.45, 2.75) is 11.8 Å². The molecule has 2 atom stereocenters. The number of carbonyl (C=O) groups is 1. The molecule has 7 nitrogen and oxygen atoms in total. The Morgan fingerprint density at radius 3 is 2.81 bits per heavy atom. The first-order chi connectivity index (χ1) is 9.93. The van der Waals surface area contributed by atoms with Crippen LogP contribution in [0, 0.1) is 17.2 Å². The Kier molecular flexibility index (Phi) is 4.57. The number of hydrogen-bond donors (Lipinski definition) is 2. The average Bonchev–Trinajstić information content (AvgIpc) is 2.86. The zero-order valence-electron chi connectivity index (χ0n) is 11.0. The second-order valence-electron chi connectivity index (χ2n) is 4.73. The van der Waals surface area contributed by atoms with E-state index in [1.165, 1.54) is 6.07 Å². The maximum Gasteiger partial charge on any atom is 0.310 e. The molecule has 2 rings (SSSR count). The van der Waals surface area contributed by atoms with Crippen molar-refractivity contribution in [2.75, 3.05) is 13.2 Å². The van der Waals surface area contributed by atoms with E-state index >= 15 is 0 Å². The molecule has 0 aromatic heterocycles. The fraction of sp³-hybridized carbons (Fsp3) is 0.385. The van der Waals surface area contributed by atoms with Gasteiger partial charge in [0, 0.05) is 0 Å². The fourth-order valence-electron chi connectivity index (χ4n) is 2.15. The smallest absolute Gasteiger partial charge is 0.310 e. The van der Waals surface area contributed by atoms with Crippen LogP contribution < -0.4 is 4.72 Å². The van der Waals surface area contributed by atoms with Crippen LogP contribution in [0.4, 0.5) is 0 Å². The van der Waals surface area contributed by atoms with Crippen molar-refractivity contribution in [3.05, 3.63) is 35.4 Å². The van der Waals surface area contributed by atoms with Crippen molar-refractivity contribution >= 4 is 16.0 Å². The van der Waals surface area contributed by atoms with Gasteiger partial charge in [-0.3, -0.25) is 4.79 Å². The molecule has 1 saturated heterocycles. The van der Waals surface area contributed by atoms with Crippen LogP contribution in [-0.4, -0.2) is 38.7 Å². The minimum absolute atomic E-state index is 0.0166. The Hall–Kier alpha value is -1.95. The summed E-state index contributed by atoms with van der Waals surface area (Å²) < 4.78 is 31.6. The van der Waals surface area contributed by atoms with E-state index in [2.05, 4.69) is 4.72 Å². The Morgan fingerprint density at radius 1 is 1.43 bits per heavy atom. The maximum absolute atomic E-state index is 12.1. The normalized spacial score (nSPS) is 21.9. The predicted octanol–water partition coefficient (Wildman–Crippen LogP) is 0.0773. The summed E-state index contributed by atoms with van der Waals surface area (Å²) in [7, 11) is -3.76. The summed E-state index contributed by atoms with van der Waals surface area (Å²) in [5, 5.41) is 17.9. The summed E-state index contributed by atoms with van der Waals surface area (Å²) in [4.78, 5) is 11.0. The van der Waals surface area contributed by atoms with E-state index in [0.29, 0.717) is 5.56 Å². The first-order valence-corrected chi connectivity index (χ1v) is 7.87. The summed E-state index contributed by atoms with van der Waals surface area (Å²) in [6.07, 6.45) is 0. The average molecular weight is 310 g/mol. The van der Waals surface area contributed by atoms with Gasteiger partial charge in [0.05, 0.1) is 42.6 Å². The third-order valence-electron chi connectivity index (χ3n) is 3.21. The van der Waals surface area contributed by atoms with Crippen LogP contribution in [0.3, 0.4) is 0 Å².